The van der Waals surface area contributed by atoms with Gasteiger partial charge in [0.15, 0.2) is 6.04 Å². The first-order chi connectivity index (χ1) is 8.88. The van der Waals surface area contributed by atoms with Crippen molar-refractivity contribution in [3.63, 3.8) is 0 Å². The third kappa shape index (κ3) is 3.50. The van der Waals surface area contributed by atoms with Gasteiger partial charge in [0.2, 0.25) is 11.8 Å². The van der Waals surface area contributed by atoms with Gasteiger partial charge in [0, 0.05) is 13.5 Å². The molecule has 1 aliphatic rings. The molecule has 0 saturated carbocycles. The number of carbonyl (C=O) groups is 4. The molecule has 1 saturated heterocycles. The number of nitrogens with two attached hydrogens (primary N) is 1. The lowest BCUT2D eigenvalue weighted by Crippen LogP contribution is -2.57. The summed E-state index contributed by atoms with van der Waals surface area (Å²) in [6, 6.07) is -2.31. The number of nitrogens with one attached hydrogen (secondary N) is 1. The Kier molecular flexibility index (Phi) is 4.99. The van der Waals surface area contributed by atoms with E-state index in [1.54, 1.807) is 6.92 Å². The van der Waals surface area contributed by atoms with Crippen LogP contribution < -0.4 is 11.1 Å². The van der Waals surface area contributed by atoms with Gasteiger partial charge in [0.1, 0.15) is 6.04 Å². The average Bonchev–Trinajstić information content (AvgIpc) is 2.38. The Hall–Kier alpha value is -1.96. The number of amides is 3. The van der Waals surface area contributed by atoms with Gasteiger partial charge >= 0.3 is 5.97 Å². The third-order valence-corrected chi connectivity index (χ3v) is 2.79. The van der Waals surface area contributed by atoms with Gasteiger partial charge in [-0.3, -0.25) is 19.3 Å². The summed E-state index contributed by atoms with van der Waals surface area (Å²) in [4.78, 5) is 46.9. The number of hydrogen-bond acceptors (Lipinski definition) is 6. The predicted molar refractivity (Wildman–Crippen MR) is 63.6 cm³/mol. The normalized spacial score (nSPS) is 21.0. The molecule has 0 bridgehead atoms. The minimum atomic E-state index is -1.48. The van der Waals surface area contributed by atoms with E-state index in [1.165, 1.54) is 7.05 Å². The Bertz CT molecular complexity index is 409. The number of hydrogen-bond donors (Lipinski definition) is 2. The molecule has 0 aromatic carbocycles. The SMILES string of the molecule is CCOC(=O)C(N)C(=O)NC1CCC(=O)N(C)C1=O. The Morgan fingerprint density at radius 2 is 2.16 bits per heavy atom. The van der Waals surface area contributed by atoms with Crippen LogP contribution in [0.1, 0.15) is 19.8 Å². The van der Waals surface area contributed by atoms with Crippen molar-refractivity contribution in [1.29, 1.82) is 0 Å². The highest BCUT2D eigenvalue weighted by Gasteiger charge is 2.34. The lowest BCUT2D eigenvalue weighted by Gasteiger charge is -2.28. The molecule has 1 aliphatic heterocycles. The Morgan fingerprint density at radius 3 is 2.74 bits per heavy atom. The average molecular weight is 271 g/mol. The molecule has 19 heavy (non-hydrogen) atoms. The van der Waals surface area contributed by atoms with Crippen LogP contribution in [0.25, 0.3) is 0 Å². The van der Waals surface area contributed by atoms with Crippen molar-refractivity contribution >= 4 is 23.7 Å². The van der Waals surface area contributed by atoms with Gasteiger partial charge in [-0.1, -0.05) is 0 Å². The molecular formula is C11H17N3O5. The summed E-state index contributed by atoms with van der Waals surface area (Å²) in [7, 11) is 1.34. The van der Waals surface area contributed by atoms with E-state index in [-0.39, 0.29) is 25.4 Å². The highest BCUT2D eigenvalue weighted by Crippen LogP contribution is 2.11. The summed E-state index contributed by atoms with van der Waals surface area (Å²) in [6.07, 6.45) is 0.352. The molecule has 0 spiro atoms. The zero-order chi connectivity index (χ0) is 14.6. The molecule has 0 aromatic rings. The third-order valence-electron chi connectivity index (χ3n) is 2.79. The van der Waals surface area contributed by atoms with Gasteiger partial charge in [-0.25, -0.2) is 4.79 Å². The smallest absolute Gasteiger partial charge is 0.332 e. The van der Waals surface area contributed by atoms with Crippen LogP contribution in [0.15, 0.2) is 0 Å². The molecule has 2 atom stereocenters. The molecule has 1 fully saturated rings. The highest BCUT2D eigenvalue weighted by atomic mass is 16.5. The Morgan fingerprint density at radius 1 is 1.53 bits per heavy atom. The van der Waals surface area contributed by atoms with Gasteiger partial charge in [0.25, 0.3) is 5.91 Å². The van der Waals surface area contributed by atoms with Gasteiger partial charge in [0.05, 0.1) is 6.61 Å². The second-order valence-electron chi connectivity index (χ2n) is 4.12. The summed E-state index contributed by atoms with van der Waals surface area (Å²) in [5.41, 5.74) is 5.39. The number of esters is 1. The van der Waals surface area contributed by atoms with E-state index < -0.39 is 29.9 Å². The van der Waals surface area contributed by atoms with Crippen LogP contribution in [0.3, 0.4) is 0 Å². The van der Waals surface area contributed by atoms with Crippen molar-refractivity contribution in [2.24, 2.45) is 5.73 Å². The maximum atomic E-state index is 11.7. The summed E-state index contributed by atoms with van der Waals surface area (Å²) < 4.78 is 4.60. The molecule has 3 N–H and O–H groups in total. The topological polar surface area (TPSA) is 119 Å². The van der Waals surface area contributed by atoms with Crippen LogP contribution in [-0.2, 0) is 23.9 Å². The maximum absolute atomic E-state index is 11.7. The second-order valence-corrected chi connectivity index (χ2v) is 4.12. The number of rotatable bonds is 4. The van der Waals surface area contributed by atoms with Gasteiger partial charge in [-0.2, -0.15) is 0 Å². The van der Waals surface area contributed by atoms with Crippen LogP contribution in [0.5, 0.6) is 0 Å². The van der Waals surface area contributed by atoms with E-state index in [0.29, 0.717) is 0 Å². The predicted octanol–water partition coefficient (Wildman–Crippen LogP) is -1.86. The minimum absolute atomic E-state index is 0.111. The highest BCUT2D eigenvalue weighted by molar-refractivity contribution is 6.05. The first-order valence-corrected chi connectivity index (χ1v) is 5.91. The van der Waals surface area contributed by atoms with Gasteiger partial charge in [-0.15, -0.1) is 0 Å². The molecular weight excluding hydrogens is 254 g/mol. The summed E-state index contributed by atoms with van der Waals surface area (Å²) in [5.74, 6) is -2.46. The zero-order valence-corrected chi connectivity index (χ0v) is 10.8. The maximum Gasteiger partial charge on any atom is 0.332 e. The molecule has 0 aromatic heterocycles. The number of ether oxygens (including phenoxy) is 1. The van der Waals surface area contributed by atoms with Crippen molar-refractivity contribution < 1.29 is 23.9 Å². The fourth-order valence-electron chi connectivity index (χ4n) is 1.65. The van der Waals surface area contributed by atoms with Crippen molar-refractivity contribution in [2.45, 2.75) is 31.8 Å². The zero-order valence-electron chi connectivity index (χ0n) is 10.8. The Labute approximate surface area is 110 Å². The summed E-state index contributed by atoms with van der Waals surface area (Å²) >= 11 is 0. The fourth-order valence-corrected chi connectivity index (χ4v) is 1.65. The number of carbonyl (C=O) groups excluding carboxylic acids is 4. The molecule has 8 nitrogen and oxygen atoms in total. The van der Waals surface area contributed by atoms with Crippen LogP contribution in [0.4, 0.5) is 0 Å². The first kappa shape index (κ1) is 15.1. The number of likely N-dealkylation sites (N-methyl/N-ethyl adjacent to an activating group) is 1. The molecule has 2 unspecified atom stereocenters. The van der Waals surface area contributed by atoms with Crippen molar-refractivity contribution in [1.82, 2.24) is 10.2 Å². The fraction of sp³-hybridized carbons (Fsp3) is 0.636. The summed E-state index contributed by atoms with van der Waals surface area (Å²) in [6.45, 7) is 1.70. The quantitative estimate of drug-likeness (QED) is 0.351. The molecule has 0 radical (unpaired) electrons. The lowest BCUT2D eigenvalue weighted by atomic mass is 10.0. The van der Waals surface area contributed by atoms with E-state index in [9.17, 15) is 19.2 Å². The number of likely N-dealkylation sites (tertiary alicyclic amines) is 1. The van der Waals surface area contributed by atoms with Crippen molar-refractivity contribution in [2.75, 3.05) is 13.7 Å². The van der Waals surface area contributed by atoms with Crippen LogP contribution in [0, 0.1) is 0 Å². The van der Waals surface area contributed by atoms with E-state index in [4.69, 9.17) is 5.73 Å². The monoisotopic (exact) mass is 271 g/mol. The molecule has 1 heterocycles. The van der Waals surface area contributed by atoms with E-state index in [2.05, 4.69) is 10.1 Å². The molecule has 106 valence electrons. The number of imide groups is 1. The molecule has 0 aliphatic carbocycles. The van der Waals surface area contributed by atoms with Gasteiger partial charge < -0.3 is 15.8 Å². The minimum Gasteiger partial charge on any atom is -0.464 e. The van der Waals surface area contributed by atoms with E-state index in [1.807, 2.05) is 0 Å². The number of piperidine rings is 1. The van der Waals surface area contributed by atoms with Crippen molar-refractivity contribution in [3.8, 4) is 0 Å². The molecule has 3 amide bonds. The van der Waals surface area contributed by atoms with E-state index >= 15 is 0 Å². The van der Waals surface area contributed by atoms with Crippen LogP contribution >= 0.6 is 0 Å². The summed E-state index contributed by atoms with van der Waals surface area (Å²) in [5, 5.41) is 2.35. The van der Waals surface area contributed by atoms with Crippen molar-refractivity contribution in [3.05, 3.63) is 0 Å². The first-order valence-electron chi connectivity index (χ1n) is 5.91. The Balaban J connectivity index is 2.59. The lowest BCUT2D eigenvalue weighted by molar-refractivity contribution is -0.152. The van der Waals surface area contributed by atoms with Crippen LogP contribution in [-0.4, -0.2) is 54.3 Å². The van der Waals surface area contributed by atoms with Crippen LogP contribution in [0.2, 0.25) is 0 Å². The van der Waals surface area contributed by atoms with E-state index in [0.717, 1.165) is 4.90 Å². The molecule has 8 heteroatoms. The second kappa shape index (κ2) is 6.28. The number of nitrogens with zero attached hydrogens (tertiary/aromatic N) is 1. The standard InChI is InChI=1S/C11H17N3O5/c1-3-19-11(18)8(12)9(16)13-6-4-5-7(15)14(2)10(6)17/h6,8H,3-5,12H2,1-2H3,(H,13,16). The molecule has 1 rings (SSSR count). The van der Waals surface area contributed by atoms with Gasteiger partial charge in [-0.05, 0) is 13.3 Å². The largest absolute Gasteiger partial charge is 0.464 e.